The number of thiazole rings is 1. The SMILES string of the molecule is [2H]C([2H])([2H])N1CC[C@@](c2nc(Cl)c(Nc3ncc(C(F)(F)F)c(NC)n3)s2)(C([2H])([2H])[2H])C1=O. The zero-order valence-electron chi connectivity index (χ0n) is 19.6. The molecule has 3 rings (SSSR count). The molecule has 2 aromatic rings. The van der Waals surface area contributed by atoms with Crippen LogP contribution in [0, 0.1) is 0 Å². The highest BCUT2D eigenvalue weighted by molar-refractivity contribution is 7.16. The predicted molar refractivity (Wildman–Crippen MR) is 96.6 cm³/mol. The van der Waals surface area contributed by atoms with Gasteiger partial charge in [0.2, 0.25) is 11.9 Å². The number of halogens is 4. The number of carbonyl (C=O) groups is 1. The van der Waals surface area contributed by atoms with Crippen LogP contribution < -0.4 is 10.6 Å². The third-order valence-corrected chi connectivity index (χ3v) is 5.35. The van der Waals surface area contributed by atoms with Crippen LogP contribution in [0.5, 0.6) is 0 Å². The molecule has 0 spiro atoms. The maximum atomic E-state index is 13.0. The van der Waals surface area contributed by atoms with Crippen molar-refractivity contribution in [3.05, 3.63) is 21.9 Å². The number of anilines is 3. The Balaban J connectivity index is 2.01. The molecule has 1 saturated heterocycles. The van der Waals surface area contributed by atoms with Crippen LogP contribution in [0.15, 0.2) is 6.20 Å². The van der Waals surface area contributed by atoms with Crippen LogP contribution in [0.1, 0.15) is 32.1 Å². The van der Waals surface area contributed by atoms with Gasteiger partial charge in [0.15, 0.2) is 5.15 Å². The molecular weight excluding hydrogens is 405 g/mol. The Morgan fingerprint density at radius 3 is 2.81 bits per heavy atom. The molecule has 1 aliphatic heterocycles. The second-order valence-corrected chi connectivity index (χ2v) is 6.94. The van der Waals surface area contributed by atoms with E-state index < -0.39 is 42.7 Å². The van der Waals surface area contributed by atoms with Gasteiger partial charge in [0.25, 0.3) is 0 Å². The van der Waals surface area contributed by atoms with Crippen molar-refractivity contribution >= 4 is 45.6 Å². The predicted octanol–water partition coefficient (Wildman–Crippen LogP) is 3.51. The van der Waals surface area contributed by atoms with Gasteiger partial charge in [0.05, 0.1) is 5.41 Å². The van der Waals surface area contributed by atoms with E-state index >= 15 is 0 Å². The molecule has 2 aromatic heterocycles. The molecule has 7 nitrogen and oxygen atoms in total. The maximum Gasteiger partial charge on any atom is 0.421 e. The van der Waals surface area contributed by atoms with Crippen molar-refractivity contribution in [2.24, 2.45) is 0 Å². The Hall–Kier alpha value is -2.14. The highest BCUT2D eigenvalue weighted by Gasteiger charge is 2.45. The summed E-state index contributed by atoms with van der Waals surface area (Å²) in [6.07, 6.45) is -4.49. The number of amides is 1. The normalized spacial score (nSPS) is 24.5. The number of aromatic nitrogens is 3. The van der Waals surface area contributed by atoms with Gasteiger partial charge in [0, 0.05) is 35.0 Å². The molecular formula is C15H16ClF3N6OS. The molecule has 0 bridgehead atoms. The van der Waals surface area contributed by atoms with Crippen molar-refractivity contribution in [2.45, 2.75) is 24.9 Å². The smallest absolute Gasteiger partial charge is 0.372 e. The van der Waals surface area contributed by atoms with Gasteiger partial charge >= 0.3 is 6.18 Å². The number of nitrogens with one attached hydrogen (secondary N) is 2. The van der Waals surface area contributed by atoms with E-state index in [1.54, 1.807) is 0 Å². The number of hydrogen-bond donors (Lipinski definition) is 2. The lowest BCUT2D eigenvalue weighted by Gasteiger charge is -2.18. The first-order valence-corrected chi connectivity index (χ1v) is 8.59. The molecule has 1 aliphatic rings. The average molecular weight is 427 g/mol. The minimum absolute atomic E-state index is 0.0303. The van der Waals surface area contributed by atoms with Crippen LogP contribution >= 0.6 is 22.9 Å². The van der Waals surface area contributed by atoms with E-state index in [1.165, 1.54) is 7.05 Å². The molecule has 0 aliphatic carbocycles. The second kappa shape index (κ2) is 6.79. The Morgan fingerprint density at radius 2 is 2.22 bits per heavy atom. The van der Waals surface area contributed by atoms with E-state index in [0.29, 0.717) is 22.4 Å². The van der Waals surface area contributed by atoms with Gasteiger partial charge in [-0.15, -0.1) is 0 Å². The van der Waals surface area contributed by atoms with Crippen molar-refractivity contribution < 1.29 is 26.2 Å². The van der Waals surface area contributed by atoms with Gasteiger partial charge < -0.3 is 15.5 Å². The monoisotopic (exact) mass is 426 g/mol. The minimum atomic E-state index is -4.70. The van der Waals surface area contributed by atoms with Crippen molar-refractivity contribution in [3.8, 4) is 0 Å². The third kappa shape index (κ3) is 3.53. The summed E-state index contributed by atoms with van der Waals surface area (Å²) in [6, 6.07) is 0. The van der Waals surface area contributed by atoms with Crippen LogP contribution in [0.25, 0.3) is 0 Å². The van der Waals surface area contributed by atoms with Gasteiger partial charge in [-0.2, -0.15) is 18.2 Å². The van der Waals surface area contributed by atoms with Crippen molar-refractivity contribution in [1.82, 2.24) is 19.9 Å². The summed E-state index contributed by atoms with van der Waals surface area (Å²) in [6.45, 7) is -6.13. The zero-order valence-corrected chi connectivity index (χ0v) is 15.2. The van der Waals surface area contributed by atoms with Crippen molar-refractivity contribution in [2.75, 3.05) is 31.2 Å². The van der Waals surface area contributed by atoms with Gasteiger partial charge in [0.1, 0.15) is 21.4 Å². The summed E-state index contributed by atoms with van der Waals surface area (Å²) in [5.41, 5.74) is -3.35. The topological polar surface area (TPSA) is 83.0 Å². The number of rotatable bonds is 4. The highest BCUT2D eigenvalue weighted by atomic mass is 35.5. The molecule has 1 fully saturated rings. The Labute approximate surface area is 170 Å². The number of likely N-dealkylation sites (tertiary alicyclic amines) is 1. The summed E-state index contributed by atoms with van der Waals surface area (Å²) in [5.74, 6) is -1.95. The molecule has 27 heavy (non-hydrogen) atoms. The van der Waals surface area contributed by atoms with Gasteiger partial charge in [-0.25, -0.2) is 9.97 Å². The summed E-state index contributed by atoms with van der Waals surface area (Å²) in [7, 11) is 1.24. The first-order chi connectivity index (χ1) is 15.0. The second-order valence-electron chi connectivity index (χ2n) is 5.58. The summed E-state index contributed by atoms with van der Waals surface area (Å²) >= 11 is 6.75. The van der Waals surface area contributed by atoms with E-state index in [2.05, 4.69) is 25.6 Å². The molecule has 0 saturated carbocycles. The fourth-order valence-corrected chi connectivity index (χ4v) is 3.68. The van der Waals surface area contributed by atoms with Gasteiger partial charge in [-0.3, -0.25) is 4.79 Å². The maximum absolute atomic E-state index is 13.0. The Kier molecular flexibility index (Phi) is 3.30. The number of hydrogen-bond acceptors (Lipinski definition) is 7. The largest absolute Gasteiger partial charge is 0.421 e. The van der Waals surface area contributed by atoms with Crippen LogP contribution in [0.4, 0.5) is 29.9 Å². The van der Waals surface area contributed by atoms with Crippen LogP contribution in [-0.4, -0.2) is 46.3 Å². The molecule has 1 atom stereocenters. The van der Waals surface area contributed by atoms with Crippen LogP contribution in [0.2, 0.25) is 5.15 Å². The first-order valence-electron chi connectivity index (χ1n) is 10.4. The Bertz CT molecular complexity index is 1080. The third-order valence-electron chi connectivity index (χ3n) is 3.83. The van der Waals surface area contributed by atoms with Gasteiger partial charge in [-0.05, 0) is 13.3 Å². The summed E-state index contributed by atoms with van der Waals surface area (Å²) in [5, 5.41) is 4.31. The van der Waals surface area contributed by atoms with E-state index in [1.807, 2.05) is 0 Å². The molecule has 1 amide bonds. The fraction of sp³-hybridized carbons (Fsp3) is 0.467. The molecule has 146 valence electrons. The van der Waals surface area contributed by atoms with E-state index in [0.717, 1.165) is 0 Å². The molecule has 2 N–H and O–H groups in total. The quantitative estimate of drug-likeness (QED) is 0.778. The lowest BCUT2D eigenvalue weighted by molar-refractivity contribution is -0.137. The lowest BCUT2D eigenvalue weighted by atomic mass is 9.90. The van der Waals surface area contributed by atoms with Crippen molar-refractivity contribution in [3.63, 3.8) is 0 Å². The fourth-order valence-electron chi connectivity index (χ4n) is 2.42. The summed E-state index contributed by atoms with van der Waals surface area (Å²) in [4.78, 5) is 24.8. The molecule has 3 heterocycles. The molecule has 0 unspecified atom stereocenters. The standard InChI is InChI=1S/C15H16ClF3N6OS/c1-14(4-5-25(3)12(14)26)11-22-8(16)10(27-11)24-13-21-6-7(15(17,18)19)9(20-2)23-13/h6H,4-5H2,1-3H3,(H2,20,21,23,24)/t14-/m1/s1/i1D3,3D3. The molecule has 12 heteroatoms. The highest BCUT2D eigenvalue weighted by Crippen LogP contribution is 2.42. The number of carbonyl (C=O) groups excluding carboxylic acids is 1. The number of likely N-dealkylation sites (N-methyl/N-ethyl adjacent to an activating group) is 1. The Morgan fingerprint density at radius 1 is 1.44 bits per heavy atom. The van der Waals surface area contributed by atoms with Crippen LogP contribution in [-0.2, 0) is 16.4 Å². The van der Waals surface area contributed by atoms with E-state index in [-0.39, 0.29) is 34.1 Å². The number of alkyl halides is 3. The summed E-state index contributed by atoms with van der Waals surface area (Å²) < 4.78 is 85.4. The van der Waals surface area contributed by atoms with E-state index in [9.17, 15) is 18.0 Å². The average Bonchev–Trinajstić information content (AvgIpc) is 3.21. The van der Waals surface area contributed by atoms with Crippen LogP contribution in [0.3, 0.4) is 0 Å². The minimum Gasteiger partial charge on any atom is -0.372 e. The van der Waals surface area contributed by atoms with Gasteiger partial charge in [-0.1, -0.05) is 22.9 Å². The number of nitrogens with zero attached hydrogens (tertiary/aromatic N) is 4. The van der Waals surface area contributed by atoms with Crippen molar-refractivity contribution in [1.29, 1.82) is 0 Å². The lowest BCUT2D eigenvalue weighted by Crippen LogP contribution is -2.33. The molecule has 0 radical (unpaired) electrons. The molecule has 0 aromatic carbocycles. The van der Waals surface area contributed by atoms with E-state index in [4.69, 9.17) is 19.8 Å². The first kappa shape index (κ1) is 13.1. The zero-order chi connectivity index (χ0) is 25.0.